The Hall–Kier alpha value is -4.73. The number of hydrogen-bond acceptors (Lipinski definition) is 6. The Balaban J connectivity index is 1.40. The van der Waals surface area contributed by atoms with E-state index < -0.39 is 0 Å². The van der Waals surface area contributed by atoms with Gasteiger partial charge in [-0.2, -0.15) is 0 Å². The second-order valence-corrected chi connectivity index (χ2v) is 8.78. The van der Waals surface area contributed by atoms with Gasteiger partial charge in [-0.05, 0) is 54.4 Å². The molecule has 0 atom stereocenters. The van der Waals surface area contributed by atoms with Crippen LogP contribution in [0.2, 0.25) is 0 Å². The van der Waals surface area contributed by atoms with Crippen LogP contribution in [0.3, 0.4) is 0 Å². The number of amides is 3. The van der Waals surface area contributed by atoms with Crippen LogP contribution < -0.4 is 25.4 Å². The minimum absolute atomic E-state index is 0.149. The molecule has 196 valence electrons. The number of ether oxygens (including phenoxy) is 2. The van der Waals surface area contributed by atoms with E-state index in [1.54, 1.807) is 62.4 Å². The van der Waals surface area contributed by atoms with Crippen LogP contribution >= 0.6 is 0 Å². The van der Waals surface area contributed by atoms with Crippen molar-refractivity contribution in [3.63, 3.8) is 0 Å². The summed E-state index contributed by atoms with van der Waals surface area (Å²) < 4.78 is 24.4. The Kier molecular flexibility index (Phi) is 8.32. The van der Waals surface area contributed by atoms with Gasteiger partial charge in [-0.15, -0.1) is 0 Å². The second-order valence-electron chi connectivity index (χ2n) is 8.78. The summed E-state index contributed by atoms with van der Waals surface area (Å²) in [6, 6.07) is 16.0. The normalized spacial score (nSPS) is 10.8. The molecule has 3 amide bonds. The summed E-state index contributed by atoms with van der Waals surface area (Å²) in [5.41, 5.74) is 2.58. The molecule has 0 fully saturated rings. The van der Waals surface area contributed by atoms with E-state index in [4.69, 9.17) is 9.47 Å². The van der Waals surface area contributed by atoms with E-state index in [1.165, 1.54) is 25.6 Å². The van der Waals surface area contributed by atoms with Crippen molar-refractivity contribution >= 4 is 34.2 Å². The number of urea groups is 1. The number of carbonyl (C=O) groups is 2. The highest BCUT2D eigenvalue weighted by Crippen LogP contribution is 2.35. The molecule has 0 spiro atoms. The first-order chi connectivity index (χ1) is 18.3. The lowest BCUT2D eigenvalue weighted by Gasteiger charge is -2.14. The SMILES string of the molecule is COc1cc2ncnc(Oc3ccc(NC(=O)NCCc4ccc(F)cc4)cc3)c2cc1NC(=O)C(C)C. The number of carbonyl (C=O) groups excluding carboxylic acids is 2. The largest absolute Gasteiger partial charge is 0.494 e. The van der Waals surface area contributed by atoms with E-state index in [1.807, 2.05) is 0 Å². The third kappa shape index (κ3) is 6.73. The van der Waals surface area contributed by atoms with E-state index in [0.717, 1.165) is 5.56 Å². The third-order valence-electron chi connectivity index (χ3n) is 5.64. The third-order valence-corrected chi connectivity index (χ3v) is 5.64. The first-order valence-corrected chi connectivity index (χ1v) is 12.0. The van der Waals surface area contributed by atoms with Crippen molar-refractivity contribution < 1.29 is 23.5 Å². The van der Waals surface area contributed by atoms with Crippen molar-refractivity contribution in [1.82, 2.24) is 15.3 Å². The molecule has 0 aliphatic rings. The molecule has 0 radical (unpaired) electrons. The first-order valence-electron chi connectivity index (χ1n) is 12.0. The number of methoxy groups -OCH3 is 1. The molecular formula is C28H28FN5O4. The summed E-state index contributed by atoms with van der Waals surface area (Å²) in [6.07, 6.45) is 1.97. The van der Waals surface area contributed by atoms with Crippen LogP contribution in [0.5, 0.6) is 17.4 Å². The van der Waals surface area contributed by atoms with Gasteiger partial charge in [0.15, 0.2) is 0 Å². The van der Waals surface area contributed by atoms with Gasteiger partial charge in [-0.3, -0.25) is 4.79 Å². The fourth-order valence-electron chi connectivity index (χ4n) is 3.55. The Morgan fingerprint density at radius 2 is 1.71 bits per heavy atom. The molecule has 0 aliphatic carbocycles. The second kappa shape index (κ2) is 12.0. The fourth-order valence-corrected chi connectivity index (χ4v) is 3.55. The quantitative estimate of drug-likeness (QED) is 0.269. The maximum absolute atomic E-state index is 13.0. The van der Waals surface area contributed by atoms with E-state index in [-0.39, 0.29) is 23.7 Å². The molecule has 3 N–H and O–H groups in total. The lowest BCUT2D eigenvalue weighted by molar-refractivity contribution is -0.118. The molecule has 0 bridgehead atoms. The predicted molar refractivity (Wildman–Crippen MR) is 143 cm³/mol. The number of fused-ring (bicyclic) bond motifs is 1. The predicted octanol–water partition coefficient (Wildman–Crippen LogP) is 5.53. The monoisotopic (exact) mass is 517 g/mol. The number of nitrogens with zero attached hydrogens (tertiary/aromatic N) is 2. The van der Waals surface area contributed by atoms with Crippen molar-refractivity contribution in [2.75, 3.05) is 24.3 Å². The van der Waals surface area contributed by atoms with E-state index in [9.17, 15) is 14.0 Å². The number of aromatic nitrogens is 2. The van der Waals surface area contributed by atoms with Crippen molar-refractivity contribution in [3.05, 3.63) is 78.4 Å². The van der Waals surface area contributed by atoms with Gasteiger partial charge >= 0.3 is 6.03 Å². The van der Waals surface area contributed by atoms with Crippen molar-refractivity contribution in [3.8, 4) is 17.4 Å². The first kappa shape index (κ1) is 26.3. The van der Waals surface area contributed by atoms with Crippen LogP contribution in [0, 0.1) is 11.7 Å². The Morgan fingerprint density at radius 1 is 0.974 bits per heavy atom. The topological polar surface area (TPSA) is 114 Å². The van der Waals surface area contributed by atoms with E-state index >= 15 is 0 Å². The maximum Gasteiger partial charge on any atom is 0.319 e. The zero-order valence-electron chi connectivity index (χ0n) is 21.2. The Bertz CT molecular complexity index is 1430. The van der Waals surface area contributed by atoms with Gasteiger partial charge < -0.3 is 25.4 Å². The standard InChI is InChI=1S/C28H28FN5O4/c1-17(2)26(35)34-24-14-22-23(15-25(24)37-3)31-16-32-27(22)38-21-10-8-20(9-11-21)33-28(36)30-13-12-18-4-6-19(29)7-5-18/h4-11,14-17H,12-13H2,1-3H3,(H,34,35)(H2,30,33,36). The fraction of sp³-hybridized carbons (Fsp3) is 0.214. The number of hydrogen-bond donors (Lipinski definition) is 3. The zero-order chi connectivity index (χ0) is 27.1. The molecular weight excluding hydrogens is 489 g/mol. The van der Waals surface area contributed by atoms with Gasteiger partial charge in [-0.1, -0.05) is 26.0 Å². The lowest BCUT2D eigenvalue weighted by Crippen LogP contribution is -2.30. The number of anilines is 2. The summed E-state index contributed by atoms with van der Waals surface area (Å²) in [5, 5.41) is 8.98. The van der Waals surface area contributed by atoms with Crippen LogP contribution in [0.25, 0.3) is 10.9 Å². The molecule has 4 aromatic rings. The summed E-state index contributed by atoms with van der Waals surface area (Å²) in [4.78, 5) is 33.0. The molecule has 0 saturated heterocycles. The molecule has 1 heterocycles. The van der Waals surface area contributed by atoms with Crippen LogP contribution in [0.15, 0.2) is 67.0 Å². The number of benzene rings is 3. The molecule has 10 heteroatoms. The van der Waals surface area contributed by atoms with Crippen LogP contribution in [-0.2, 0) is 11.2 Å². The van der Waals surface area contributed by atoms with Gasteiger partial charge in [0.1, 0.15) is 23.6 Å². The molecule has 0 unspecified atom stereocenters. The van der Waals surface area contributed by atoms with Gasteiger partial charge in [0, 0.05) is 24.2 Å². The smallest absolute Gasteiger partial charge is 0.319 e. The average Bonchev–Trinajstić information content (AvgIpc) is 2.91. The van der Waals surface area contributed by atoms with Crippen molar-refractivity contribution in [1.29, 1.82) is 0 Å². The van der Waals surface area contributed by atoms with E-state index in [0.29, 0.717) is 52.6 Å². The number of halogens is 1. The highest BCUT2D eigenvalue weighted by atomic mass is 19.1. The Labute approximate surface area is 219 Å². The summed E-state index contributed by atoms with van der Waals surface area (Å²) >= 11 is 0. The zero-order valence-corrected chi connectivity index (χ0v) is 21.2. The highest BCUT2D eigenvalue weighted by molar-refractivity contribution is 5.98. The van der Waals surface area contributed by atoms with Crippen molar-refractivity contribution in [2.24, 2.45) is 5.92 Å². The summed E-state index contributed by atoms with van der Waals surface area (Å²) in [5.74, 6) is 0.627. The van der Waals surface area contributed by atoms with Crippen LogP contribution in [-0.4, -0.2) is 35.6 Å². The molecule has 38 heavy (non-hydrogen) atoms. The van der Waals surface area contributed by atoms with Gasteiger partial charge in [0.2, 0.25) is 11.8 Å². The molecule has 4 rings (SSSR count). The molecule has 0 saturated carbocycles. The number of rotatable bonds is 9. The van der Waals surface area contributed by atoms with Gasteiger partial charge in [0.25, 0.3) is 0 Å². The van der Waals surface area contributed by atoms with Crippen molar-refractivity contribution in [2.45, 2.75) is 20.3 Å². The summed E-state index contributed by atoms with van der Waals surface area (Å²) in [6.45, 7) is 4.01. The van der Waals surface area contributed by atoms with E-state index in [2.05, 4.69) is 25.9 Å². The minimum Gasteiger partial charge on any atom is -0.494 e. The minimum atomic E-state index is -0.354. The molecule has 9 nitrogen and oxygen atoms in total. The van der Waals surface area contributed by atoms with Crippen LogP contribution in [0.1, 0.15) is 19.4 Å². The van der Waals surface area contributed by atoms with Gasteiger partial charge in [0.05, 0.1) is 23.7 Å². The average molecular weight is 518 g/mol. The van der Waals surface area contributed by atoms with Gasteiger partial charge in [-0.25, -0.2) is 19.2 Å². The molecule has 0 aliphatic heterocycles. The molecule has 3 aromatic carbocycles. The van der Waals surface area contributed by atoms with Crippen LogP contribution in [0.4, 0.5) is 20.6 Å². The lowest BCUT2D eigenvalue weighted by atomic mass is 10.1. The number of nitrogens with one attached hydrogen (secondary N) is 3. The maximum atomic E-state index is 13.0. The molecule has 1 aromatic heterocycles. The Morgan fingerprint density at radius 3 is 2.39 bits per heavy atom. The highest BCUT2D eigenvalue weighted by Gasteiger charge is 2.15. The summed E-state index contributed by atoms with van der Waals surface area (Å²) in [7, 11) is 1.52.